The summed E-state index contributed by atoms with van der Waals surface area (Å²) in [6.07, 6.45) is 0. The fraction of sp³-hybridized carbons (Fsp3) is 0.250. The molecule has 1 amide bonds. The number of primary sulfonamides is 1. The zero-order valence-corrected chi connectivity index (χ0v) is 13.6. The second kappa shape index (κ2) is 6.38. The largest absolute Gasteiger partial charge is 0.354 e. The van der Waals surface area contributed by atoms with Gasteiger partial charge in [-0.3, -0.25) is 4.79 Å². The molecule has 0 saturated carbocycles. The van der Waals surface area contributed by atoms with Crippen molar-refractivity contribution >= 4 is 33.2 Å². The summed E-state index contributed by atoms with van der Waals surface area (Å²) in [5, 5.41) is 10.5. The van der Waals surface area contributed by atoms with E-state index in [1.165, 1.54) is 13.1 Å². The highest BCUT2D eigenvalue weighted by Gasteiger charge is 2.12. The maximum absolute atomic E-state index is 11.6. The molecular weight excluding hydrogens is 326 g/mol. The van der Waals surface area contributed by atoms with Crippen molar-refractivity contribution in [2.24, 2.45) is 5.14 Å². The van der Waals surface area contributed by atoms with E-state index < -0.39 is 10.0 Å². The Hall–Kier alpha value is -2.04. The lowest BCUT2D eigenvalue weighted by atomic mass is 10.3. The normalized spacial score (nSPS) is 11.2. The second-order valence-corrected chi connectivity index (χ2v) is 7.37. The molecule has 8 nitrogen and oxygen atoms in total. The number of hydrogen-bond acceptors (Lipinski definition) is 7. The molecule has 0 aliphatic carbocycles. The number of hydrogen-bond donors (Lipinski definition) is 3. The van der Waals surface area contributed by atoms with Crippen LogP contribution < -0.4 is 15.8 Å². The van der Waals surface area contributed by atoms with Gasteiger partial charge in [0.15, 0.2) is 0 Å². The number of nitrogens with zero attached hydrogens (tertiary/aromatic N) is 2. The molecule has 0 aromatic carbocycles. The Bertz CT molecular complexity index is 801. The summed E-state index contributed by atoms with van der Waals surface area (Å²) in [6.45, 7) is 2.08. The van der Waals surface area contributed by atoms with E-state index in [2.05, 4.69) is 20.6 Å². The van der Waals surface area contributed by atoms with Crippen molar-refractivity contribution in [3.8, 4) is 0 Å². The number of carbonyl (C=O) groups excluding carboxylic acids is 1. The Morgan fingerprint density at radius 1 is 1.36 bits per heavy atom. The van der Waals surface area contributed by atoms with Gasteiger partial charge in [-0.1, -0.05) is 0 Å². The number of sulfonamides is 1. The molecule has 0 spiro atoms. The second-order valence-electron chi connectivity index (χ2n) is 4.42. The number of carbonyl (C=O) groups is 1. The van der Waals surface area contributed by atoms with Crippen molar-refractivity contribution in [2.45, 2.75) is 17.7 Å². The molecule has 2 aromatic heterocycles. The van der Waals surface area contributed by atoms with Crippen LogP contribution in [0.25, 0.3) is 0 Å². The topological polar surface area (TPSA) is 127 Å². The average molecular weight is 341 g/mol. The van der Waals surface area contributed by atoms with Crippen LogP contribution in [-0.4, -0.2) is 31.3 Å². The number of rotatable bonds is 5. The van der Waals surface area contributed by atoms with E-state index in [1.807, 2.05) is 0 Å². The molecule has 2 aromatic rings. The highest BCUT2D eigenvalue weighted by molar-refractivity contribution is 7.91. The molecule has 0 aliphatic heterocycles. The first kappa shape index (κ1) is 16.3. The van der Waals surface area contributed by atoms with E-state index in [1.54, 1.807) is 19.1 Å². The standard InChI is InChI=1S/C12H15N5O3S2/c1-7-5-9(11(18)14-2)17-12(16-7)15-6-8-3-4-10(21-8)22(13,19)20/h3-5H,6H2,1-2H3,(H,14,18)(H2,13,19,20)(H,15,16,17). The first-order valence-electron chi connectivity index (χ1n) is 6.23. The van der Waals surface area contributed by atoms with Gasteiger partial charge in [-0.25, -0.2) is 23.5 Å². The SMILES string of the molecule is CNC(=O)c1cc(C)nc(NCc2ccc(S(N)(=O)=O)s2)n1. The summed E-state index contributed by atoms with van der Waals surface area (Å²) in [7, 11) is -2.17. The minimum Gasteiger partial charge on any atom is -0.354 e. The number of aromatic nitrogens is 2. The van der Waals surface area contributed by atoms with Crippen LogP contribution in [0.15, 0.2) is 22.4 Å². The van der Waals surface area contributed by atoms with E-state index in [-0.39, 0.29) is 15.8 Å². The third kappa shape index (κ3) is 4.00. The molecule has 0 radical (unpaired) electrons. The van der Waals surface area contributed by atoms with E-state index >= 15 is 0 Å². The van der Waals surface area contributed by atoms with Crippen molar-refractivity contribution in [3.63, 3.8) is 0 Å². The van der Waals surface area contributed by atoms with Crippen molar-refractivity contribution in [3.05, 3.63) is 34.5 Å². The molecule has 0 saturated heterocycles. The van der Waals surface area contributed by atoms with Crippen molar-refractivity contribution in [2.75, 3.05) is 12.4 Å². The van der Waals surface area contributed by atoms with Gasteiger partial charge in [0.1, 0.15) is 9.90 Å². The lowest BCUT2D eigenvalue weighted by Crippen LogP contribution is -2.20. The van der Waals surface area contributed by atoms with Crippen molar-refractivity contribution in [1.82, 2.24) is 15.3 Å². The summed E-state index contributed by atoms with van der Waals surface area (Å²) < 4.78 is 22.5. The smallest absolute Gasteiger partial charge is 0.269 e. The first-order valence-corrected chi connectivity index (χ1v) is 8.59. The third-order valence-corrected chi connectivity index (χ3v) is 5.18. The molecule has 2 rings (SSSR count). The van der Waals surface area contributed by atoms with Crippen LogP contribution in [0.1, 0.15) is 21.1 Å². The Balaban J connectivity index is 2.13. The van der Waals surface area contributed by atoms with E-state index in [4.69, 9.17) is 5.14 Å². The highest BCUT2D eigenvalue weighted by Crippen LogP contribution is 2.20. The van der Waals surface area contributed by atoms with Gasteiger partial charge in [0, 0.05) is 17.6 Å². The van der Waals surface area contributed by atoms with E-state index in [0.29, 0.717) is 18.2 Å². The summed E-state index contributed by atoms with van der Waals surface area (Å²) in [5.74, 6) is -0.00894. The van der Waals surface area contributed by atoms with Gasteiger partial charge in [0.2, 0.25) is 16.0 Å². The van der Waals surface area contributed by atoms with Crippen LogP contribution in [0.4, 0.5) is 5.95 Å². The maximum Gasteiger partial charge on any atom is 0.269 e. The quantitative estimate of drug-likeness (QED) is 0.725. The maximum atomic E-state index is 11.6. The molecule has 22 heavy (non-hydrogen) atoms. The molecule has 10 heteroatoms. The number of anilines is 1. The van der Waals surface area contributed by atoms with Gasteiger partial charge < -0.3 is 10.6 Å². The van der Waals surface area contributed by atoms with Crippen molar-refractivity contribution < 1.29 is 13.2 Å². The van der Waals surface area contributed by atoms with Crippen LogP contribution in [0.3, 0.4) is 0 Å². The lowest BCUT2D eigenvalue weighted by Gasteiger charge is -2.06. The highest BCUT2D eigenvalue weighted by atomic mass is 32.2. The molecule has 0 aliphatic rings. The van der Waals surface area contributed by atoms with Crippen LogP contribution >= 0.6 is 11.3 Å². The van der Waals surface area contributed by atoms with E-state index in [0.717, 1.165) is 16.2 Å². The fourth-order valence-corrected chi connectivity index (χ4v) is 3.38. The number of nitrogens with two attached hydrogens (primary N) is 1. The van der Waals surface area contributed by atoms with Gasteiger partial charge >= 0.3 is 0 Å². The number of amides is 1. The Morgan fingerprint density at radius 2 is 2.09 bits per heavy atom. The van der Waals surface area contributed by atoms with Gasteiger partial charge in [-0.2, -0.15) is 0 Å². The summed E-state index contributed by atoms with van der Waals surface area (Å²) in [5.41, 5.74) is 0.904. The minimum atomic E-state index is -3.69. The fourth-order valence-electron chi connectivity index (χ4n) is 1.66. The average Bonchev–Trinajstić information content (AvgIpc) is 2.92. The lowest BCUT2D eigenvalue weighted by molar-refractivity contribution is 0.0958. The third-order valence-electron chi connectivity index (χ3n) is 2.65. The molecular formula is C12H15N5O3S2. The van der Waals surface area contributed by atoms with Crippen LogP contribution in [0.5, 0.6) is 0 Å². The monoisotopic (exact) mass is 341 g/mol. The first-order chi connectivity index (χ1) is 10.3. The minimum absolute atomic E-state index is 0.0977. The molecule has 4 N–H and O–H groups in total. The Labute approximate surface area is 131 Å². The molecule has 118 valence electrons. The summed E-state index contributed by atoms with van der Waals surface area (Å²) in [6, 6.07) is 4.69. The predicted molar refractivity (Wildman–Crippen MR) is 83.2 cm³/mol. The van der Waals surface area contributed by atoms with Crippen molar-refractivity contribution in [1.29, 1.82) is 0 Å². The predicted octanol–water partition coefficient (Wildman–Crippen LogP) is 0.466. The number of thiophene rings is 1. The molecule has 0 bridgehead atoms. The summed E-state index contributed by atoms with van der Waals surface area (Å²) in [4.78, 5) is 20.6. The van der Waals surface area contributed by atoms with Gasteiger partial charge in [-0.05, 0) is 25.1 Å². The molecule has 0 atom stereocenters. The number of nitrogens with one attached hydrogen (secondary N) is 2. The molecule has 2 heterocycles. The zero-order valence-electron chi connectivity index (χ0n) is 12.0. The van der Waals surface area contributed by atoms with Gasteiger partial charge in [0.25, 0.3) is 5.91 Å². The summed E-state index contributed by atoms with van der Waals surface area (Å²) >= 11 is 1.07. The Kier molecular flexibility index (Phi) is 4.74. The molecule has 0 fully saturated rings. The van der Waals surface area contributed by atoms with Crippen LogP contribution in [0.2, 0.25) is 0 Å². The Morgan fingerprint density at radius 3 is 2.68 bits per heavy atom. The van der Waals surface area contributed by atoms with Gasteiger partial charge in [-0.15, -0.1) is 11.3 Å². The van der Waals surface area contributed by atoms with Crippen LogP contribution in [0, 0.1) is 6.92 Å². The van der Waals surface area contributed by atoms with Crippen LogP contribution in [-0.2, 0) is 16.6 Å². The van der Waals surface area contributed by atoms with Gasteiger partial charge in [0.05, 0.1) is 6.54 Å². The zero-order chi connectivity index (χ0) is 16.3. The number of aryl methyl sites for hydroxylation is 1. The van der Waals surface area contributed by atoms with E-state index in [9.17, 15) is 13.2 Å². The molecule has 0 unspecified atom stereocenters.